The Kier molecular flexibility index (Phi) is 3.58. The highest BCUT2D eigenvalue weighted by Crippen LogP contribution is 2.20. The molecule has 0 unspecified atom stereocenters. The molecule has 0 atom stereocenters. The number of carbonyl (C=O) groups is 1. The summed E-state index contributed by atoms with van der Waals surface area (Å²) in [6.45, 7) is 0.395. The maximum absolute atomic E-state index is 10.4. The third-order valence-electron chi connectivity index (χ3n) is 2.37. The Balaban J connectivity index is 2.12. The molecule has 0 aliphatic rings. The third kappa shape index (κ3) is 3.17. The van der Waals surface area contributed by atoms with E-state index in [4.69, 9.17) is 5.11 Å². The van der Waals surface area contributed by atoms with Crippen LogP contribution in [0.25, 0.3) is 11.1 Å². The van der Waals surface area contributed by atoms with Crippen LogP contribution in [0.4, 0.5) is 0 Å². The fourth-order valence-electron chi connectivity index (χ4n) is 1.49. The predicted molar refractivity (Wildman–Crippen MR) is 67.6 cm³/mol. The maximum Gasteiger partial charge on any atom is 0.305 e. The molecule has 1 aromatic carbocycles. The molecule has 2 rings (SSSR count). The number of rotatable bonds is 4. The van der Waals surface area contributed by atoms with Gasteiger partial charge in [0.1, 0.15) is 0 Å². The number of aliphatic carboxylic acids is 1. The molecule has 88 valence electrons. The van der Waals surface area contributed by atoms with Gasteiger partial charge in [-0.25, -0.2) is 0 Å². The zero-order valence-electron chi connectivity index (χ0n) is 9.01. The molecule has 1 N–H and O–H groups in total. The Bertz CT molecular complexity index is 520. The Morgan fingerprint density at radius 2 is 2.00 bits per heavy atom. The lowest BCUT2D eigenvalue weighted by atomic mass is 10.1. The SMILES string of the molecule is O=C(O)CCn1cc(-c2ccc(Br)cc2)cn1. The molecular weight excluding hydrogens is 284 g/mol. The summed E-state index contributed by atoms with van der Waals surface area (Å²) in [6, 6.07) is 7.90. The lowest BCUT2D eigenvalue weighted by molar-refractivity contribution is -0.137. The summed E-state index contributed by atoms with van der Waals surface area (Å²) in [5, 5.41) is 12.7. The highest BCUT2D eigenvalue weighted by molar-refractivity contribution is 9.10. The highest BCUT2D eigenvalue weighted by atomic mass is 79.9. The first-order valence-electron chi connectivity index (χ1n) is 5.15. The Labute approximate surface area is 107 Å². The second-order valence-electron chi connectivity index (χ2n) is 3.64. The summed E-state index contributed by atoms with van der Waals surface area (Å²) in [7, 11) is 0. The van der Waals surface area contributed by atoms with Crippen molar-refractivity contribution in [3.05, 3.63) is 41.1 Å². The van der Waals surface area contributed by atoms with E-state index in [2.05, 4.69) is 21.0 Å². The number of nitrogens with zero attached hydrogens (tertiary/aromatic N) is 2. The summed E-state index contributed by atoms with van der Waals surface area (Å²) in [5.74, 6) is -0.814. The highest BCUT2D eigenvalue weighted by Gasteiger charge is 2.03. The molecule has 2 aromatic rings. The van der Waals surface area contributed by atoms with Gasteiger partial charge in [-0.2, -0.15) is 5.10 Å². The molecule has 0 radical (unpaired) electrons. The largest absolute Gasteiger partial charge is 0.481 e. The van der Waals surface area contributed by atoms with Gasteiger partial charge in [-0.15, -0.1) is 0 Å². The lowest BCUT2D eigenvalue weighted by Crippen LogP contribution is -2.04. The molecule has 0 bridgehead atoms. The lowest BCUT2D eigenvalue weighted by Gasteiger charge is -1.98. The molecular formula is C12H11BrN2O2. The molecule has 0 fully saturated rings. The van der Waals surface area contributed by atoms with E-state index in [1.165, 1.54) is 0 Å². The van der Waals surface area contributed by atoms with E-state index in [-0.39, 0.29) is 6.42 Å². The van der Waals surface area contributed by atoms with Crippen molar-refractivity contribution in [2.45, 2.75) is 13.0 Å². The van der Waals surface area contributed by atoms with Gasteiger partial charge in [-0.1, -0.05) is 28.1 Å². The van der Waals surface area contributed by atoms with Crippen LogP contribution in [0.15, 0.2) is 41.1 Å². The van der Waals surface area contributed by atoms with Crippen molar-refractivity contribution < 1.29 is 9.90 Å². The van der Waals surface area contributed by atoms with Crippen LogP contribution >= 0.6 is 15.9 Å². The summed E-state index contributed by atoms with van der Waals surface area (Å²) in [4.78, 5) is 10.4. The smallest absolute Gasteiger partial charge is 0.305 e. The Hall–Kier alpha value is -1.62. The van der Waals surface area contributed by atoms with Crippen LogP contribution in [-0.2, 0) is 11.3 Å². The number of benzene rings is 1. The molecule has 0 saturated heterocycles. The topological polar surface area (TPSA) is 55.1 Å². The van der Waals surface area contributed by atoms with Crippen LogP contribution in [0.1, 0.15) is 6.42 Å². The van der Waals surface area contributed by atoms with E-state index >= 15 is 0 Å². The number of aryl methyl sites for hydroxylation is 1. The molecule has 4 nitrogen and oxygen atoms in total. The first-order valence-corrected chi connectivity index (χ1v) is 5.94. The zero-order valence-corrected chi connectivity index (χ0v) is 10.6. The van der Waals surface area contributed by atoms with Crippen LogP contribution in [-0.4, -0.2) is 20.9 Å². The monoisotopic (exact) mass is 294 g/mol. The van der Waals surface area contributed by atoms with Crippen LogP contribution in [0.5, 0.6) is 0 Å². The van der Waals surface area contributed by atoms with Gasteiger partial charge in [0, 0.05) is 16.2 Å². The van der Waals surface area contributed by atoms with Crippen molar-refractivity contribution in [1.82, 2.24) is 9.78 Å². The van der Waals surface area contributed by atoms with Gasteiger partial charge in [0.25, 0.3) is 0 Å². The summed E-state index contributed by atoms with van der Waals surface area (Å²) in [6.07, 6.45) is 3.68. The molecule has 0 spiro atoms. The Morgan fingerprint density at radius 3 is 2.65 bits per heavy atom. The fraction of sp³-hybridized carbons (Fsp3) is 0.167. The first kappa shape index (κ1) is 11.9. The normalized spacial score (nSPS) is 10.4. The number of hydrogen-bond donors (Lipinski definition) is 1. The van der Waals surface area contributed by atoms with Gasteiger partial charge in [0.15, 0.2) is 0 Å². The van der Waals surface area contributed by atoms with E-state index in [1.807, 2.05) is 30.5 Å². The van der Waals surface area contributed by atoms with Crippen molar-refractivity contribution in [2.24, 2.45) is 0 Å². The summed E-state index contributed by atoms with van der Waals surface area (Å²) >= 11 is 3.38. The molecule has 5 heteroatoms. The van der Waals surface area contributed by atoms with Crippen LogP contribution in [0.2, 0.25) is 0 Å². The average molecular weight is 295 g/mol. The predicted octanol–water partition coefficient (Wildman–Crippen LogP) is 2.79. The molecule has 0 aliphatic carbocycles. The van der Waals surface area contributed by atoms with Gasteiger partial charge in [-0.3, -0.25) is 9.48 Å². The van der Waals surface area contributed by atoms with Gasteiger partial charge < -0.3 is 5.11 Å². The average Bonchev–Trinajstić information content (AvgIpc) is 2.76. The van der Waals surface area contributed by atoms with E-state index in [1.54, 1.807) is 10.9 Å². The van der Waals surface area contributed by atoms with Crippen LogP contribution in [0.3, 0.4) is 0 Å². The number of carboxylic acid groups (broad SMARTS) is 1. The maximum atomic E-state index is 10.4. The van der Waals surface area contributed by atoms with Crippen molar-refractivity contribution >= 4 is 21.9 Å². The quantitative estimate of drug-likeness (QED) is 0.943. The number of aromatic nitrogens is 2. The minimum absolute atomic E-state index is 0.0848. The van der Waals surface area contributed by atoms with E-state index < -0.39 is 5.97 Å². The first-order chi connectivity index (χ1) is 8.15. The molecule has 1 heterocycles. The van der Waals surface area contributed by atoms with Crippen molar-refractivity contribution in [3.8, 4) is 11.1 Å². The van der Waals surface area contributed by atoms with Gasteiger partial charge in [0.05, 0.1) is 19.2 Å². The zero-order chi connectivity index (χ0) is 12.3. The van der Waals surface area contributed by atoms with Gasteiger partial charge in [0.2, 0.25) is 0 Å². The van der Waals surface area contributed by atoms with Gasteiger partial charge >= 0.3 is 5.97 Å². The minimum atomic E-state index is -0.814. The molecule has 1 aromatic heterocycles. The van der Waals surface area contributed by atoms with Gasteiger partial charge in [-0.05, 0) is 17.7 Å². The third-order valence-corrected chi connectivity index (χ3v) is 2.89. The Morgan fingerprint density at radius 1 is 1.29 bits per heavy atom. The van der Waals surface area contributed by atoms with E-state index in [9.17, 15) is 4.79 Å². The summed E-state index contributed by atoms with van der Waals surface area (Å²) in [5.41, 5.74) is 2.05. The van der Waals surface area contributed by atoms with Crippen LogP contribution in [0, 0.1) is 0 Å². The molecule has 0 saturated carbocycles. The van der Waals surface area contributed by atoms with Crippen molar-refractivity contribution in [1.29, 1.82) is 0 Å². The summed E-state index contributed by atoms with van der Waals surface area (Å²) < 4.78 is 2.67. The molecule has 17 heavy (non-hydrogen) atoms. The van der Waals surface area contributed by atoms with E-state index in [0.29, 0.717) is 6.54 Å². The van der Waals surface area contributed by atoms with E-state index in [0.717, 1.165) is 15.6 Å². The number of carboxylic acids is 1. The van der Waals surface area contributed by atoms with Crippen LogP contribution < -0.4 is 0 Å². The standard InChI is InChI=1S/C12H11BrN2O2/c13-11-3-1-9(2-4-11)10-7-14-15(8-10)6-5-12(16)17/h1-4,7-8H,5-6H2,(H,16,17). The second-order valence-corrected chi connectivity index (χ2v) is 4.56. The second kappa shape index (κ2) is 5.14. The number of hydrogen-bond acceptors (Lipinski definition) is 2. The molecule has 0 aliphatic heterocycles. The molecule has 0 amide bonds. The van der Waals surface area contributed by atoms with Crippen molar-refractivity contribution in [2.75, 3.05) is 0 Å². The minimum Gasteiger partial charge on any atom is -0.481 e. The number of halogens is 1. The van der Waals surface area contributed by atoms with Crippen molar-refractivity contribution in [3.63, 3.8) is 0 Å². The fourth-order valence-corrected chi connectivity index (χ4v) is 1.75.